The molecule has 0 spiro atoms. The smallest absolute Gasteiger partial charge is 0.253 e. The van der Waals surface area contributed by atoms with Crippen molar-refractivity contribution in [3.05, 3.63) is 41.5 Å². The molecular formula is C22H26N2O3. The Labute approximate surface area is 160 Å². The Morgan fingerprint density at radius 3 is 2.22 bits per heavy atom. The number of imide groups is 1. The summed E-state index contributed by atoms with van der Waals surface area (Å²) in [5.41, 5.74) is 2.37. The van der Waals surface area contributed by atoms with E-state index in [-0.39, 0.29) is 29.6 Å². The molecular weight excluding hydrogens is 340 g/mol. The fourth-order valence-electron chi connectivity index (χ4n) is 4.50. The molecule has 27 heavy (non-hydrogen) atoms. The standard InChI is InChI=1S/C22H26N2O3/c1-15-6-11-18-19(14-15)22(27)24(21(18)26)17-9-7-16(8-10-17)20(25)23-12-4-2-3-5-13-23/h6-10,18-19H,2-5,11-14H2,1H3/t18-,19+/m1/s1. The summed E-state index contributed by atoms with van der Waals surface area (Å²) in [5, 5.41) is 0. The number of hydrogen-bond acceptors (Lipinski definition) is 3. The molecule has 0 unspecified atom stereocenters. The highest BCUT2D eigenvalue weighted by Crippen LogP contribution is 2.39. The molecule has 4 rings (SSSR count). The van der Waals surface area contributed by atoms with Crippen LogP contribution in [-0.2, 0) is 9.59 Å². The maximum Gasteiger partial charge on any atom is 0.253 e. The molecule has 2 saturated heterocycles. The second-order valence-electron chi connectivity index (χ2n) is 7.97. The first-order valence-electron chi connectivity index (χ1n) is 9.99. The average molecular weight is 366 g/mol. The SMILES string of the molecule is CC1=CC[C@H]2C(=O)N(c3ccc(C(=O)N4CCCCCC4)cc3)C(=O)[C@H]2C1. The second-order valence-corrected chi connectivity index (χ2v) is 7.97. The number of fused-ring (bicyclic) bond motifs is 1. The summed E-state index contributed by atoms with van der Waals surface area (Å²) >= 11 is 0. The Bertz CT molecular complexity index is 788. The predicted molar refractivity (Wildman–Crippen MR) is 103 cm³/mol. The van der Waals surface area contributed by atoms with Crippen LogP contribution in [0, 0.1) is 11.8 Å². The van der Waals surface area contributed by atoms with Gasteiger partial charge in [0.15, 0.2) is 0 Å². The number of amides is 3. The van der Waals surface area contributed by atoms with Crippen LogP contribution < -0.4 is 4.90 Å². The van der Waals surface area contributed by atoms with Crippen molar-refractivity contribution < 1.29 is 14.4 Å². The lowest BCUT2D eigenvalue weighted by atomic mass is 9.82. The molecule has 1 aromatic rings. The fourth-order valence-corrected chi connectivity index (χ4v) is 4.50. The molecule has 5 heteroatoms. The van der Waals surface area contributed by atoms with E-state index in [4.69, 9.17) is 0 Å². The lowest BCUT2D eigenvalue weighted by Gasteiger charge is -2.21. The maximum atomic E-state index is 12.8. The highest BCUT2D eigenvalue weighted by atomic mass is 16.2. The summed E-state index contributed by atoms with van der Waals surface area (Å²) in [5.74, 6) is -0.652. The molecule has 1 aromatic carbocycles. The molecule has 0 saturated carbocycles. The van der Waals surface area contributed by atoms with Crippen LogP contribution in [0.5, 0.6) is 0 Å². The Hall–Kier alpha value is -2.43. The van der Waals surface area contributed by atoms with Crippen molar-refractivity contribution in [2.24, 2.45) is 11.8 Å². The zero-order chi connectivity index (χ0) is 19.0. The zero-order valence-electron chi connectivity index (χ0n) is 15.8. The molecule has 1 aliphatic carbocycles. The van der Waals surface area contributed by atoms with Crippen LogP contribution in [0.1, 0.15) is 55.8 Å². The van der Waals surface area contributed by atoms with Gasteiger partial charge in [-0.1, -0.05) is 24.5 Å². The molecule has 2 aliphatic heterocycles. The minimum atomic E-state index is -0.236. The van der Waals surface area contributed by atoms with E-state index >= 15 is 0 Å². The maximum absolute atomic E-state index is 12.8. The first-order chi connectivity index (χ1) is 13.1. The Balaban J connectivity index is 1.51. The number of benzene rings is 1. The molecule has 0 N–H and O–H groups in total. The molecule has 3 amide bonds. The molecule has 2 atom stereocenters. The quantitative estimate of drug-likeness (QED) is 0.594. The minimum Gasteiger partial charge on any atom is -0.339 e. The number of carbonyl (C=O) groups is 3. The van der Waals surface area contributed by atoms with E-state index in [0.717, 1.165) is 25.9 Å². The third-order valence-corrected chi connectivity index (χ3v) is 6.09. The van der Waals surface area contributed by atoms with E-state index < -0.39 is 0 Å². The van der Waals surface area contributed by atoms with E-state index in [0.29, 0.717) is 24.1 Å². The first kappa shape index (κ1) is 18.0. The number of carbonyl (C=O) groups excluding carboxylic acids is 3. The van der Waals surface area contributed by atoms with Crippen LogP contribution in [0.25, 0.3) is 0 Å². The second kappa shape index (κ2) is 7.29. The Morgan fingerprint density at radius 1 is 0.926 bits per heavy atom. The van der Waals surface area contributed by atoms with Crippen LogP contribution in [0.15, 0.2) is 35.9 Å². The van der Waals surface area contributed by atoms with Gasteiger partial charge in [-0.05, 0) is 56.9 Å². The summed E-state index contributed by atoms with van der Waals surface area (Å²) in [4.78, 5) is 41.5. The molecule has 2 heterocycles. The van der Waals surface area contributed by atoms with Crippen molar-refractivity contribution in [3.8, 4) is 0 Å². The molecule has 2 fully saturated rings. The molecule has 3 aliphatic rings. The van der Waals surface area contributed by atoms with E-state index in [1.807, 2.05) is 11.8 Å². The zero-order valence-corrected chi connectivity index (χ0v) is 15.8. The number of rotatable bonds is 2. The highest BCUT2D eigenvalue weighted by molar-refractivity contribution is 6.22. The summed E-state index contributed by atoms with van der Waals surface area (Å²) < 4.78 is 0. The van der Waals surface area contributed by atoms with E-state index in [1.54, 1.807) is 24.3 Å². The minimum absolute atomic E-state index is 0.0380. The van der Waals surface area contributed by atoms with Crippen molar-refractivity contribution >= 4 is 23.4 Å². The molecule has 0 bridgehead atoms. The third kappa shape index (κ3) is 3.31. The van der Waals surface area contributed by atoms with E-state index in [2.05, 4.69) is 6.08 Å². The van der Waals surface area contributed by atoms with Gasteiger partial charge in [-0.25, -0.2) is 0 Å². The van der Waals surface area contributed by atoms with Crippen LogP contribution in [0.3, 0.4) is 0 Å². The van der Waals surface area contributed by atoms with E-state index in [9.17, 15) is 14.4 Å². The van der Waals surface area contributed by atoms with Crippen LogP contribution in [-0.4, -0.2) is 35.7 Å². The van der Waals surface area contributed by atoms with Crippen molar-refractivity contribution in [1.29, 1.82) is 0 Å². The fraction of sp³-hybridized carbons (Fsp3) is 0.500. The summed E-state index contributed by atoms with van der Waals surface area (Å²) in [6.07, 6.45) is 7.84. The summed E-state index contributed by atoms with van der Waals surface area (Å²) in [7, 11) is 0. The van der Waals surface area contributed by atoms with Gasteiger partial charge in [0.05, 0.1) is 17.5 Å². The highest BCUT2D eigenvalue weighted by Gasteiger charge is 2.48. The van der Waals surface area contributed by atoms with Crippen molar-refractivity contribution in [3.63, 3.8) is 0 Å². The lowest BCUT2D eigenvalue weighted by Crippen LogP contribution is -2.32. The van der Waals surface area contributed by atoms with Gasteiger partial charge in [0.25, 0.3) is 5.91 Å². The van der Waals surface area contributed by atoms with Crippen molar-refractivity contribution in [1.82, 2.24) is 4.90 Å². The monoisotopic (exact) mass is 366 g/mol. The molecule has 142 valence electrons. The topological polar surface area (TPSA) is 57.7 Å². The third-order valence-electron chi connectivity index (χ3n) is 6.09. The number of allylic oxidation sites excluding steroid dienone is 2. The van der Waals surface area contributed by atoms with E-state index in [1.165, 1.54) is 23.3 Å². The number of hydrogen-bond donors (Lipinski definition) is 0. The van der Waals surface area contributed by atoms with Gasteiger partial charge in [-0.3, -0.25) is 19.3 Å². The summed E-state index contributed by atoms with van der Waals surface area (Å²) in [6, 6.07) is 6.96. The first-order valence-corrected chi connectivity index (χ1v) is 9.99. The van der Waals surface area contributed by atoms with Crippen LogP contribution >= 0.6 is 0 Å². The number of nitrogens with zero attached hydrogens (tertiary/aromatic N) is 2. The van der Waals surface area contributed by atoms with Gasteiger partial charge in [-0.15, -0.1) is 0 Å². The van der Waals surface area contributed by atoms with Crippen LogP contribution in [0.4, 0.5) is 5.69 Å². The van der Waals surface area contributed by atoms with Gasteiger partial charge in [0.2, 0.25) is 11.8 Å². The van der Waals surface area contributed by atoms with Crippen molar-refractivity contribution in [2.75, 3.05) is 18.0 Å². The number of anilines is 1. The number of likely N-dealkylation sites (tertiary alicyclic amines) is 1. The van der Waals surface area contributed by atoms with Gasteiger partial charge in [0, 0.05) is 18.7 Å². The molecule has 0 aromatic heterocycles. The Morgan fingerprint density at radius 2 is 1.56 bits per heavy atom. The van der Waals surface area contributed by atoms with Crippen molar-refractivity contribution in [2.45, 2.75) is 45.4 Å². The van der Waals surface area contributed by atoms with Gasteiger partial charge in [0.1, 0.15) is 0 Å². The van der Waals surface area contributed by atoms with Gasteiger partial charge < -0.3 is 4.90 Å². The molecule has 5 nitrogen and oxygen atoms in total. The van der Waals surface area contributed by atoms with Gasteiger partial charge in [-0.2, -0.15) is 0 Å². The predicted octanol–water partition coefficient (Wildman–Crippen LogP) is 3.55. The van der Waals surface area contributed by atoms with Crippen LogP contribution in [0.2, 0.25) is 0 Å². The normalized spacial score (nSPS) is 25.9. The lowest BCUT2D eigenvalue weighted by molar-refractivity contribution is -0.122. The Kier molecular flexibility index (Phi) is 4.85. The largest absolute Gasteiger partial charge is 0.339 e. The average Bonchev–Trinajstić information content (AvgIpc) is 2.87. The summed E-state index contributed by atoms with van der Waals surface area (Å²) in [6.45, 7) is 3.62. The van der Waals surface area contributed by atoms with Gasteiger partial charge >= 0.3 is 0 Å². The molecule has 0 radical (unpaired) electrons.